The smallest absolute Gasteiger partial charge is 0.252 e. The Morgan fingerprint density at radius 2 is 2.19 bits per heavy atom. The number of nitrogens with zero attached hydrogens (tertiary/aromatic N) is 5. The van der Waals surface area contributed by atoms with E-state index in [0.29, 0.717) is 24.3 Å². The lowest BCUT2D eigenvalue weighted by molar-refractivity contribution is 0.0953. The van der Waals surface area contributed by atoms with Crippen molar-refractivity contribution in [2.45, 2.75) is 20.4 Å². The third-order valence-corrected chi connectivity index (χ3v) is 5.27. The van der Waals surface area contributed by atoms with E-state index in [1.807, 2.05) is 55.4 Å². The number of aromatic nitrogens is 5. The van der Waals surface area contributed by atoms with Gasteiger partial charge in [-0.3, -0.25) is 14.2 Å². The monoisotopic (exact) mass is 380 g/mol. The van der Waals surface area contributed by atoms with Crippen molar-refractivity contribution in [2.75, 3.05) is 6.54 Å². The predicted molar refractivity (Wildman–Crippen MR) is 106 cm³/mol. The highest BCUT2D eigenvalue weighted by Crippen LogP contribution is 2.29. The molecule has 1 amide bonds. The summed E-state index contributed by atoms with van der Waals surface area (Å²) in [5, 5.41) is 14.5. The molecule has 4 aromatic heterocycles. The molecule has 4 aromatic rings. The fourth-order valence-electron chi connectivity index (χ4n) is 3.14. The van der Waals surface area contributed by atoms with Crippen molar-refractivity contribution in [1.29, 1.82) is 0 Å². The molecule has 0 fully saturated rings. The first-order chi connectivity index (χ1) is 13.0. The van der Waals surface area contributed by atoms with Crippen LogP contribution in [0.2, 0.25) is 0 Å². The zero-order valence-electron chi connectivity index (χ0n) is 15.4. The van der Waals surface area contributed by atoms with Crippen LogP contribution in [0.3, 0.4) is 0 Å². The van der Waals surface area contributed by atoms with Gasteiger partial charge in [0.15, 0.2) is 5.65 Å². The average Bonchev–Trinajstić information content (AvgIpc) is 3.37. The van der Waals surface area contributed by atoms with Gasteiger partial charge in [0, 0.05) is 19.8 Å². The van der Waals surface area contributed by atoms with Crippen molar-refractivity contribution in [1.82, 2.24) is 29.9 Å². The zero-order valence-corrected chi connectivity index (χ0v) is 16.2. The first-order valence-electron chi connectivity index (χ1n) is 8.68. The molecule has 0 aromatic carbocycles. The molecule has 0 aliphatic carbocycles. The lowest BCUT2D eigenvalue weighted by Gasteiger charge is -2.09. The summed E-state index contributed by atoms with van der Waals surface area (Å²) in [4.78, 5) is 18.7. The number of fused-ring (bicyclic) bond motifs is 1. The average molecular weight is 380 g/mol. The van der Waals surface area contributed by atoms with Crippen molar-refractivity contribution in [3.05, 3.63) is 52.8 Å². The van der Waals surface area contributed by atoms with Crippen LogP contribution in [0.1, 0.15) is 21.6 Å². The molecule has 0 radical (unpaired) electrons. The maximum atomic E-state index is 12.9. The third kappa shape index (κ3) is 3.35. The highest BCUT2D eigenvalue weighted by molar-refractivity contribution is 7.13. The molecule has 4 heterocycles. The number of carbonyl (C=O) groups is 1. The standard InChI is InChI=1S/C19H20N6OS/c1-12-10-21-25(11-12)7-6-20-19(26)14-9-15(16-5-4-8-27-16)22-18-17(14)13(2)23-24(18)3/h4-5,8-11H,6-7H2,1-3H3,(H,20,26). The summed E-state index contributed by atoms with van der Waals surface area (Å²) in [5.74, 6) is -0.125. The number of hydrogen-bond donors (Lipinski definition) is 1. The van der Waals surface area contributed by atoms with Gasteiger partial charge in [0.25, 0.3) is 5.91 Å². The summed E-state index contributed by atoms with van der Waals surface area (Å²) in [6, 6.07) is 5.84. The largest absolute Gasteiger partial charge is 0.350 e. The fourth-order valence-corrected chi connectivity index (χ4v) is 3.83. The number of hydrogen-bond acceptors (Lipinski definition) is 5. The van der Waals surface area contributed by atoms with E-state index in [1.54, 1.807) is 22.2 Å². The molecule has 0 atom stereocenters. The Bertz CT molecular complexity index is 1110. The number of pyridine rings is 1. The van der Waals surface area contributed by atoms with Crippen LogP contribution in [0.25, 0.3) is 21.6 Å². The second-order valence-corrected chi connectivity index (χ2v) is 7.42. The predicted octanol–water partition coefficient (Wildman–Crippen LogP) is 2.94. The normalized spacial score (nSPS) is 11.2. The van der Waals surface area contributed by atoms with E-state index in [4.69, 9.17) is 4.98 Å². The van der Waals surface area contributed by atoms with Gasteiger partial charge in [-0.2, -0.15) is 10.2 Å². The first kappa shape index (κ1) is 17.4. The van der Waals surface area contributed by atoms with E-state index in [1.165, 1.54) is 0 Å². The van der Waals surface area contributed by atoms with Crippen LogP contribution in [0.4, 0.5) is 0 Å². The molecule has 8 heteroatoms. The van der Waals surface area contributed by atoms with Crippen molar-refractivity contribution >= 4 is 28.3 Å². The Balaban J connectivity index is 1.65. The summed E-state index contributed by atoms with van der Waals surface area (Å²) in [6.45, 7) is 5.01. The molecule has 0 aliphatic heterocycles. The molecule has 0 bridgehead atoms. The first-order valence-corrected chi connectivity index (χ1v) is 9.56. The Morgan fingerprint density at radius 3 is 2.89 bits per heavy atom. The topological polar surface area (TPSA) is 77.6 Å². The summed E-state index contributed by atoms with van der Waals surface area (Å²) in [6.07, 6.45) is 3.76. The Hall–Kier alpha value is -3.00. The van der Waals surface area contributed by atoms with Crippen molar-refractivity contribution in [2.24, 2.45) is 7.05 Å². The van der Waals surface area contributed by atoms with E-state index < -0.39 is 0 Å². The van der Waals surface area contributed by atoms with Gasteiger partial charge >= 0.3 is 0 Å². The van der Waals surface area contributed by atoms with Gasteiger partial charge in [0.2, 0.25) is 0 Å². The lowest BCUT2D eigenvalue weighted by atomic mass is 10.1. The van der Waals surface area contributed by atoms with Crippen LogP contribution in [0, 0.1) is 13.8 Å². The molecule has 4 rings (SSSR count). The summed E-state index contributed by atoms with van der Waals surface area (Å²) >= 11 is 1.60. The van der Waals surface area contributed by atoms with Gasteiger partial charge in [-0.15, -0.1) is 11.3 Å². The Kier molecular flexibility index (Phi) is 4.49. The van der Waals surface area contributed by atoms with Crippen molar-refractivity contribution in [3.8, 4) is 10.6 Å². The van der Waals surface area contributed by atoms with Gasteiger partial charge < -0.3 is 5.32 Å². The number of nitrogens with one attached hydrogen (secondary N) is 1. The van der Waals surface area contributed by atoms with Crippen LogP contribution in [0.5, 0.6) is 0 Å². The molecular weight excluding hydrogens is 360 g/mol. The Morgan fingerprint density at radius 1 is 1.33 bits per heavy atom. The Labute approximate surface area is 160 Å². The number of amides is 1. The lowest BCUT2D eigenvalue weighted by Crippen LogP contribution is -2.27. The molecule has 0 spiro atoms. The minimum atomic E-state index is -0.125. The van der Waals surface area contributed by atoms with Crippen LogP contribution in [0.15, 0.2) is 36.0 Å². The summed E-state index contributed by atoms with van der Waals surface area (Å²) in [5.41, 5.74) is 4.00. The molecule has 1 N–H and O–H groups in total. The molecule has 0 aliphatic rings. The maximum absolute atomic E-state index is 12.9. The number of thiophene rings is 1. The molecule has 0 saturated carbocycles. The summed E-state index contributed by atoms with van der Waals surface area (Å²) < 4.78 is 3.55. The summed E-state index contributed by atoms with van der Waals surface area (Å²) in [7, 11) is 1.85. The number of aryl methyl sites for hydroxylation is 3. The zero-order chi connectivity index (χ0) is 19.0. The second-order valence-electron chi connectivity index (χ2n) is 6.48. The van der Waals surface area contributed by atoms with E-state index in [2.05, 4.69) is 15.5 Å². The van der Waals surface area contributed by atoms with Crippen LogP contribution in [-0.2, 0) is 13.6 Å². The van der Waals surface area contributed by atoms with Crippen molar-refractivity contribution < 1.29 is 4.79 Å². The third-order valence-electron chi connectivity index (χ3n) is 4.38. The highest BCUT2D eigenvalue weighted by atomic mass is 32.1. The SMILES string of the molecule is Cc1cnn(CCNC(=O)c2cc(-c3cccs3)nc3c2c(C)nn3C)c1. The van der Waals surface area contributed by atoms with Crippen molar-refractivity contribution in [3.63, 3.8) is 0 Å². The molecule has 0 unspecified atom stereocenters. The van der Waals surface area contributed by atoms with E-state index >= 15 is 0 Å². The van der Waals surface area contributed by atoms with Crippen LogP contribution >= 0.6 is 11.3 Å². The molecule has 138 valence electrons. The van der Waals surface area contributed by atoms with Gasteiger partial charge in [0.05, 0.1) is 40.0 Å². The number of rotatable bonds is 5. The molecule has 27 heavy (non-hydrogen) atoms. The van der Waals surface area contributed by atoms with E-state index in [0.717, 1.165) is 27.2 Å². The number of carbonyl (C=O) groups excluding carboxylic acids is 1. The van der Waals surface area contributed by atoms with E-state index in [9.17, 15) is 4.79 Å². The van der Waals surface area contributed by atoms with Gasteiger partial charge in [-0.25, -0.2) is 4.98 Å². The van der Waals surface area contributed by atoms with Gasteiger partial charge in [-0.05, 0) is 36.9 Å². The quantitative estimate of drug-likeness (QED) is 0.577. The molecular formula is C19H20N6OS. The molecule has 0 saturated heterocycles. The van der Waals surface area contributed by atoms with Crippen LogP contribution < -0.4 is 5.32 Å². The second kappa shape index (κ2) is 6.96. The highest BCUT2D eigenvalue weighted by Gasteiger charge is 2.19. The van der Waals surface area contributed by atoms with Crippen LogP contribution in [-0.4, -0.2) is 37.0 Å². The minimum Gasteiger partial charge on any atom is -0.350 e. The fraction of sp³-hybridized carbons (Fsp3) is 0.263. The van der Waals surface area contributed by atoms with Gasteiger partial charge in [-0.1, -0.05) is 6.07 Å². The molecule has 7 nitrogen and oxygen atoms in total. The maximum Gasteiger partial charge on any atom is 0.252 e. The van der Waals surface area contributed by atoms with Gasteiger partial charge in [0.1, 0.15) is 0 Å². The minimum absolute atomic E-state index is 0.125. The van der Waals surface area contributed by atoms with E-state index in [-0.39, 0.29) is 5.91 Å².